The number of benzene rings is 2. The standard InChI is InChI=1S/C21H23F3N4O3/c1-2-28-13-3-4-18(28)27-19(29)14-5-7-15(8-6-14)25-20(30)26-16-9-11-17(12-10-16)31-21(22,23)24/h5-12,18H,2-4,13H2,1H3,(H,27,29)(H2,25,26,30). The number of urea groups is 1. The van der Waals surface area contributed by atoms with Gasteiger partial charge in [-0.2, -0.15) is 0 Å². The van der Waals surface area contributed by atoms with E-state index in [1.807, 2.05) is 0 Å². The van der Waals surface area contributed by atoms with Crippen molar-refractivity contribution in [3.63, 3.8) is 0 Å². The number of nitrogens with one attached hydrogen (secondary N) is 3. The second-order valence-corrected chi connectivity index (χ2v) is 6.99. The van der Waals surface area contributed by atoms with Gasteiger partial charge in [0.1, 0.15) is 5.75 Å². The van der Waals surface area contributed by atoms with Gasteiger partial charge in [0.2, 0.25) is 0 Å². The monoisotopic (exact) mass is 436 g/mol. The van der Waals surface area contributed by atoms with Gasteiger partial charge in [0.05, 0.1) is 6.17 Å². The maximum Gasteiger partial charge on any atom is 0.573 e. The highest BCUT2D eigenvalue weighted by atomic mass is 19.4. The van der Waals surface area contributed by atoms with E-state index in [0.29, 0.717) is 16.9 Å². The van der Waals surface area contributed by atoms with Crippen LogP contribution in [-0.4, -0.2) is 42.5 Å². The molecule has 0 bridgehead atoms. The maximum absolute atomic E-state index is 12.4. The van der Waals surface area contributed by atoms with Crippen LogP contribution >= 0.6 is 0 Å². The van der Waals surface area contributed by atoms with Crippen LogP contribution in [0.4, 0.5) is 29.3 Å². The van der Waals surface area contributed by atoms with Crippen LogP contribution in [0.5, 0.6) is 5.75 Å². The molecule has 1 aliphatic heterocycles. The molecule has 31 heavy (non-hydrogen) atoms. The predicted molar refractivity (Wildman–Crippen MR) is 110 cm³/mol. The van der Waals surface area contributed by atoms with E-state index >= 15 is 0 Å². The first-order chi connectivity index (χ1) is 14.7. The van der Waals surface area contributed by atoms with E-state index in [1.165, 1.54) is 12.1 Å². The Balaban J connectivity index is 1.51. The summed E-state index contributed by atoms with van der Waals surface area (Å²) in [4.78, 5) is 26.7. The zero-order chi connectivity index (χ0) is 22.4. The normalized spacial score (nSPS) is 16.6. The summed E-state index contributed by atoms with van der Waals surface area (Å²) in [5.74, 6) is -0.561. The molecule has 3 amide bonds. The number of halogens is 3. The van der Waals surface area contributed by atoms with Gasteiger partial charge in [-0.15, -0.1) is 13.2 Å². The van der Waals surface area contributed by atoms with Gasteiger partial charge in [0.15, 0.2) is 0 Å². The number of anilines is 2. The average Bonchev–Trinajstić information content (AvgIpc) is 3.16. The molecule has 0 spiro atoms. The zero-order valence-electron chi connectivity index (χ0n) is 16.8. The lowest BCUT2D eigenvalue weighted by Gasteiger charge is -2.23. The van der Waals surface area contributed by atoms with Crippen LogP contribution in [0.3, 0.4) is 0 Å². The third kappa shape index (κ3) is 6.61. The van der Waals surface area contributed by atoms with E-state index < -0.39 is 12.4 Å². The first-order valence-corrected chi connectivity index (χ1v) is 9.82. The SMILES string of the molecule is CCN1CCCC1NC(=O)c1ccc(NC(=O)Nc2ccc(OC(F)(F)F)cc2)cc1. The second kappa shape index (κ2) is 9.69. The van der Waals surface area contributed by atoms with Crippen LogP contribution in [0.15, 0.2) is 48.5 Å². The summed E-state index contributed by atoms with van der Waals surface area (Å²) in [6, 6.07) is 10.6. The Hall–Kier alpha value is -3.27. The number of rotatable bonds is 6. The third-order valence-electron chi connectivity index (χ3n) is 4.82. The molecule has 1 unspecified atom stereocenters. The summed E-state index contributed by atoms with van der Waals surface area (Å²) in [6.07, 6.45) is -2.77. The summed E-state index contributed by atoms with van der Waals surface area (Å²) in [6.45, 7) is 3.90. The number of hydrogen-bond donors (Lipinski definition) is 3. The molecular formula is C21H23F3N4O3. The quantitative estimate of drug-likeness (QED) is 0.627. The molecule has 1 aliphatic rings. The molecule has 2 aromatic rings. The fourth-order valence-corrected chi connectivity index (χ4v) is 3.34. The van der Waals surface area contributed by atoms with E-state index in [9.17, 15) is 22.8 Å². The number of amides is 3. The number of likely N-dealkylation sites (tertiary alicyclic amines) is 1. The fraction of sp³-hybridized carbons (Fsp3) is 0.333. The molecule has 1 heterocycles. The molecule has 3 rings (SSSR count). The van der Waals surface area contributed by atoms with E-state index in [4.69, 9.17) is 0 Å². The minimum atomic E-state index is -4.78. The Morgan fingerprint density at radius 1 is 1.03 bits per heavy atom. The van der Waals surface area contributed by atoms with Crippen LogP contribution < -0.4 is 20.7 Å². The van der Waals surface area contributed by atoms with Crippen molar-refractivity contribution in [3.8, 4) is 5.75 Å². The first kappa shape index (κ1) is 22.4. The van der Waals surface area contributed by atoms with E-state index in [1.54, 1.807) is 24.3 Å². The summed E-state index contributed by atoms with van der Waals surface area (Å²) in [5, 5.41) is 8.12. The molecule has 1 atom stereocenters. The third-order valence-corrected chi connectivity index (χ3v) is 4.82. The number of carbonyl (C=O) groups excluding carboxylic acids is 2. The highest BCUT2D eigenvalue weighted by Gasteiger charge is 2.31. The van der Waals surface area contributed by atoms with Crippen LogP contribution in [0.25, 0.3) is 0 Å². The molecule has 1 saturated heterocycles. The summed E-state index contributed by atoms with van der Waals surface area (Å²) in [5.41, 5.74) is 1.23. The molecule has 166 valence electrons. The Morgan fingerprint density at radius 2 is 1.61 bits per heavy atom. The lowest BCUT2D eigenvalue weighted by atomic mass is 10.2. The Labute approximate surface area is 177 Å². The van der Waals surface area contributed by atoms with E-state index in [0.717, 1.165) is 38.1 Å². The molecule has 0 radical (unpaired) electrons. The van der Waals surface area contributed by atoms with E-state index in [-0.39, 0.29) is 17.8 Å². The molecule has 7 nitrogen and oxygen atoms in total. The number of ether oxygens (including phenoxy) is 1. The van der Waals surface area contributed by atoms with Crippen LogP contribution in [-0.2, 0) is 0 Å². The fourth-order valence-electron chi connectivity index (χ4n) is 3.34. The Kier molecular flexibility index (Phi) is 7.01. The Morgan fingerprint density at radius 3 is 2.16 bits per heavy atom. The minimum absolute atomic E-state index is 0.0361. The molecule has 1 fully saturated rings. The van der Waals surface area contributed by atoms with Gasteiger partial charge < -0.3 is 20.7 Å². The molecule has 10 heteroatoms. The van der Waals surface area contributed by atoms with Gasteiger partial charge >= 0.3 is 12.4 Å². The van der Waals surface area contributed by atoms with Gasteiger partial charge in [0, 0.05) is 23.5 Å². The summed E-state index contributed by atoms with van der Waals surface area (Å²) in [7, 11) is 0. The molecule has 3 N–H and O–H groups in total. The lowest BCUT2D eigenvalue weighted by Crippen LogP contribution is -2.44. The smallest absolute Gasteiger partial charge is 0.406 e. The summed E-state index contributed by atoms with van der Waals surface area (Å²) >= 11 is 0. The van der Waals surface area contributed by atoms with Crippen molar-refractivity contribution < 1.29 is 27.5 Å². The zero-order valence-corrected chi connectivity index (χ0v) is 16.8. The highest BCUT2D eigenvalue weighted by Crippen LogP contribution is 2.24. The minimum Gasteiger partial charge on any atom is -0.406 e. The van der Waals surface area contributed by atoms with Gasteiger partial charge in [-0.25, -0.2) is 4.79 Å². The topological polar surface area (TPSA) is 82.7 Å². The van der Waals surface area contributed by atoms with Crippen molar-refractivity contribution in [3.05, 3.63) is 54.1 Å². The number of alkyl halides is 3. The molecule has 0 aliphatic carbocycles. The van der Waals surface area contributed by atoms with Crippen molar-refractivity contribution in [2.45, 2.75) is 32.3 Å². The first-order valence-electron chi connectivity index (χ1n) is 9.82. The Bertz CT molecular complexity index is 902. The average molecular weight is 436 g/mol. The van der Waals surface area contributed by atoms with Crippen molar-refractivity contribution in [1.29, 1.82) is 0 Å². The number of carbonyl (C=O) groups is 2. The van der Waals surface area contributed by atoms with Crippen molar-refractivity contribution in [2.24, 2.45) is 0 Å². The van der Waals surface area contributed by atoms with Gasteiger partial charge in [0.25, 0.3) is 5.91 Å². The van der Waals surface area contributed by atoms with Crippen molar-refractivity contribution >= 4 is 23.3 Å². The lowest BCUT2D eigenvalue weighted by molar-refractivity contribution is -0.274. The van der Waals surface area contributed by atoms with Crippen LogP contribution in [0, 0.1) is 0 Å². The second-order valence-electron chi connectivity index (χ2n) is 6.99. The molecule has 2 aromatic carbocycles. The maximum atomic E-state index is 12.4. The van der Waals surface area contributed by atoms with E-state index in [2.05, 4.69) is 32.5 Å². The molecule has 0 saturated carbocycles. The van der Waals surface area contributed by atoms with Crippen molar-refractivity contribution in [1.82, 2.24) is 10.2 Å². The van der Waals surface area contributed by atoms with Crippen LogP contribution in [0.1, 0.15) is 30.1 Å². The van der Waals surface area contributed by atoms with Gasteiger partial charge in [-0.1, -0.05) is 6.92 Å². The molecular weight excluding hydrogens is 413 g/mol. The summed E-state index contributed by atoms with van der Waals surface area (Å²) < 4.78 is 40.3. The van der Waals surface area contributed by atoms with Crippen molar-refractivity contribution in [2.75, 3.05) is 23.7 Å². The van der Waals surface area contributed by atoms with Gasteiger partial charge in [-0.3, -0.25) is 9.69 Å². The number of nitrogens with zero attached hydrogens (tertiary/aromatic N) is 1. The van der Waals surface area contributed by atoms with Crippen LogP contribution in [0.2, 0.25) is 0 Å². The highest BCUT2D eigenvalue weighted by molar-refractivity contribution is 6.00. The number of hydrogen-bond acceptors (Lipinski definition) is 4. The largest absolute Gasteiger partial charge is 0.573 e. The molecule has 0 aromatic heterocycles. The van der Waals surface area contributed by atoms with Gasteiger partial charge in [-0.05, 0) is 67.9 Å². The predicted octanol–water partition coefficient (Wildman–Crippen LogP) is 4.40.